The Kier molecular flexibility index (Phi) is 4.61. The Bertz CT molecular complexity index is 551. The highest BCUT2D eigenvalue weighted by Crippen LogP contribution is 2.42. The van der Waals surface area contributed by atoms with Crippen molar-refractivity contribution in [2.45, 2.75) is 6.18 Å². The highest BCUT2D eigenvalue weighted by molar-refractivity contribution is 8.13. The SMILES string of the molecule is CSC(=Nc1ccc(F)c(C(F)(F)F)c1O)NC#N. The first kappa shape index (κ1) is 15.1. The molecule has 4 nitrogen and oxygen atoms in total. The molecule has 0 saturated carbocycles. The molecule has 1 rings (SSSR count). The van der Waals surface area contributed by atoms with Crippen molar-refractivity contribution in [2.24, 2.45) is 4.99 Å². The van der Waals surface area contributed by atoms with Crippen LogP contribution in [0.5, 0.6) is 5.75 Å². The van der Waals surface area contributed by atoms with Gasteiger partial charge in [-0.2, -0.15) is 18.4 Å². The molecule has 0 aliphatic heterocycles. The first-order valence-electron chi connectivity index (χ1n) is 4.67. The summed E-state index contributed by atoms with van der Waals surface area (Å²) in [5.74, 6) is -2.92. The van der Waals surface area contributed by atoms with Gasteiger partial charge in [-0.15, -0.1) is 0 Å². The Morgan fingerprint density at radius 2 is 2.11 bits per heavy atom. The fourth-order valence-electron chi connectivity index (χ4n) is 1.20. The maximum Gasteiger partial charge on any atom is 0.422 e. The number of phenols is 1. The number of hydrogen-bond acceptors (Lipinski definition) is 4. The van der Waals surface area contributed by atoms with Gasteiger partial charge in [0.15, 0.2) is 17.1 Å². The van der Waals surface area contributed by atoms with Gasteiger partial charge in [0.25, 0.3) is 0 Å². The molecule has 102 valence electrons. The zero-order valence-corrected chi connectivity index (χ0v) is 10.2. The quantitative estimate of drug-likeness (QED) is 0.275. The van der Waals surface area contributed by atoms with Gasteiger partial charge in [0.1, 0.15) is 17.1 Å². The summed E-state index contributed by atoms with van der Waals surface area (Å²) in [5.41, 5.74) is -2.27. The highest BCUT2D eigenvalue weighted by atomic mass is 32.2. The minimum Gasteiger partial charge on any atom is -0.505 e. The van der Waals surface area contributed by atoms with Gasteiger partial charge in [-0.05, 0) is 18.4 Å². The van der Waals surface area contributed by atoms with Crippen LogP contribution in [0.25, 0.3) is 0 Å². The molecule has 0 aromatic heterocycles. The van der Waals surface area contributed by atoms with E-state index in [0.717, 1.165) is 17.8 Å². The summed E-state index contributed by atoms with van der Waals surface area (Å²) >= 11 is 0.946. The third-order valence-electron chi connectivity index (χ3n) is 1.97. The zero-order chi connectivity index (χ0) is 14.6. The van der Waals surface area contributed by atoms with Crippen LogP contribution in [0.15, 0.2) is 17.1 Å². The third-order valence-corrected chi connectivity index (χ3v) is 2.55. The summed E-state index contributed by atoms with van der Waals surface area (Å²) in [7, 11) is 0. The lowest BCUT2D eigenvalue weighted by atomic mass is 10.1. The van der Waals surface area contributed by atoms with Crippen LogP contribution in [0, 0.1) is 17.3 Å². The van der Waals surface area contributed by atoms with Gasteiger partial charge >= 0.3 is 6.18 Å². The van der Waals surface area contributed by atoms with Crippen LogP contribution in [0.1, 0.15) is 5.56 Å². The van der Waals surface area contributed by atoms with Crippen molar-refractivity contribution in [1.29, 1.82) is 5.26 Å². The number of nitriles is 1. The van der Waals surface area contributed by atoms with Gasteiger partial charge in [-0.25, -0.2) is 9.38 Å². The molecule has 0 spiro atoms. The van der Waals surface area contributed by atoms with Crippen LogP contribution >= 0.6 is 11.8 Å². The molecule has 0 heterocycles. The molecular weight excluding hydrogens is 286 g/mol. The fraction of sp³-hybridized carbons (Fsp3) is 0.200. The summed E-state index contributed by atoms with van der Waals surface area (Å²) in [6.07, 6.45) is -1.98. The molecule has 0 amide bonds. The fourth-order valence-corrected chi connectivity index (χ4v) is 1.53. The van der Waals surface area contributed by atoms with Crippen LogP contribution in [0.2, 0.25) is 0 Å². The number of hydrogen-bond donors (Lipinski definition) is 2. The molecule has 0 aliphatic rings. The van der Waals surface area contributed by atoms with E-state index in [9.17, 15) is 22.7 Å². The number of aromatic hydroxyl groups is 1. The van der Waals surface area contributed by atoms with Crippen molar-refractivity contribution in [1.82, 2.24) is 5.32 Å². The average Bonchev–Trinajstić information content (AvgIpc) is 2.30. The second kappa shape index (κ2) is 5.79. The van der Waals surface area contributed by atoms with Gasteiger partial charge < -0.3 is 5.11 Å². The Labute approximate surface area is 109 Å². The van der Waals surface area contributed by atoms with E-state index in [1.165, 1.54) is 12.4 Å². The van der Waals surface area contributed by atoms with Gasteiger partial charge in [0, 0.05) is 0 Å². The predicted octanol–water partition coefficient (Wildman–Crippen LogP) is 2.97. The molecule has 0 saturated heterocycles. The number of nitrogens with one attached hydrogen (secondary N) is 1. The van der Waals surface area contributed by atoms with E-state index in [1.54, 1.807) is 0 Å². The molecule has 1 aromatic carbocycles. The van der Waals surface area contributed by atoms with Gasteiger partial charge in [-0.1, -0.05) is 11.8 Å². The lowest BCUT2D eigenvalue weighted by Crippen LogP contribution is -2.13. The van der Waals surface area contributed by atoms with Crippen molar-refractivity contribution in [3.05, 3.63) is 23.5 Å². The maximum atomic E-state index is 13.1. The van der Waals surface area contributed by atoms with Crippen molar-refractivity contribution in [3.63, 3.8) is 0 Å². The first-order valence-corrected chi connectivity index (χ1v) is 5.90. The van der Waals surface area contributed by atoms with Crippen molar-refractivity contribution in [2.75, 3.05) is 6.26 Å². The molecule has 0 aliphatic carbocycles. The molecule has 0 fully saturated rings. The number of amidine groups is 1. The maximum absolute atomic E-state index is 13.1. The molecule has 9 heteroatoms. The van der Waals surface area contributed by atoms with Gasteiger partial charge in [-0.3, -0.25) is 5.32 Å². The van der Waals surface area contributed by atoms with E-state index in [2.05, 4.69) is 10.3 Å². The summed E-state index contributed by atoms with van der Waals surface area (Å²) in [6.45, 7) is 0. The van der Waals surface area contributed by atoms with E-state index in [-0.39, 0.29) is 5.17 Å². The van der Waals surface area contributed by atoms with Crippen molar-refractivity contribution >= 4 is 22.6 Å². The number of phenolic OH excluding ortho intramolecular Hbond substituents is 1. The molecule has 0 unspecified atom stereocenters. The Morgan fingerprint density at radius 3 is 2.58 bits per heavy atom. The summed E-state index contributed by atoms with van der Waals surface area (Å²) < 4.78 is 50.7. The molecular formula is C10H7F4N3OS. The standard InChI is InChI=1S/C10H7F4N3OS/c1-19-9(16-4-15)17-6-3-2-5(11)7(8(6)18)10(12,13)14/h2-3,18H,1H3,(H,16,17). The first-order chi connectivity index (χ1) is 8.81. The van der Waals surface area contributed by atoms with E-state index in [1.807, 2.05) is 0 Å². The molecule has 19 heavy (non-hydrogen) atoms. The number of alkyl halides is 3. The molecule has 2 N–H and O–H groups in total. The van der Waals surface area contributed by atoms with Gasteiger partial charge in [0.2, 0.25) is 0 Å². The van der Waals surface area contributed by atoms with E-state index in [0.29, 0.717) is 6.07 Å². The van der Waals surface area contributed by atoms with E-state index >= 15 is 0 Å². The van der Waals surface area contributed by atoms with E-state index < -0.39 is 29.0 Å². The van der Waals surface area contributed by atoms with Crippen LogP contribution in [0.3, 0.4) is 0 Å². The summed E-state index contributed by atoms with van der Waals surface area (Å²) in [6, 6.07) is 1.43. The molecule has 0 bridgehead atoms. The third kappa shape index (κ3) is 3.51. The van der Waals surface area contributed by atoms with Crippen LogP contribution in [0.4, 0.5) is 23.2 Å². The minimum atomic E-state index is -5.04. The Morgan fingerprint density at radius 1 is 1.47 bits per heavy atom. The predicted molar refractivity (Wildman–Crippen MR) is 62.4 cm³/mol. The second-order valence-corrected chi connectivity index (χ2v) is 3.94. The van der Waals surface area contributed by atoms with E-state index in [4.69, 9.17) is 5.26 Å². The lowest BCUT2D eigenvalue weighted by molar-refractivity contribution is -0.141. The number of halogens is 4. The Balaban J connectivity index is 3.37. The number of nitrogens with zero attached hydrogens (tertiary/aromatic N) is 2. The topological polar surface area (TPSA) is 68.4 Å². The van der Waals surface area contributed by atoms with Crippen LogP contribution in [-0.2, 0) is 6.18 Å². The van der Waals surface area contributed by atoms with Crippen LogP contribution < -0.4 is 5.32 Å². The monoisotopic (exact) mass is 293 g/mol. The minimum absolute atomic E-state index is 0.0301. The second-order valence-electron chi connectivity index (χ2n) is 3.15. The zero-order valence-electron chi connectivity index (χ0n) is 9.42. The molecule has 1 aromatic rings. The average molecular weight is 293 g/mol. The smallest absolute Gasteiger partial charge is 0.422 e. The Hall–Kier alpha value is -1.95. The normalized spacial score (nSPS) is 12.1. The molecule has 0 radical (unpaired) electrons. The molecule has 0 atom stereocenters. The number of rotatable bonds is 1. The number of benzene rings is 1. The van der Waals surface area contributed by atoms with Crippen LogP contribution in [-0.4, -0.2) is 16.5 Å². The highest BCUT2D eigenvalue weighted by Gasteiger charge is 2.38. The summed E-state index contributed by atoms with van der Waals surface area (Å²) in [5, 5.41) is 19.9. The number of aliphatic imine (C=N–C) groups is 1. The van der Waals surface area contributed by atoms with Crippen molar-refractivity contribution in [3.8, 4) is 11.9 Å². The van der Waals surface area contributed by atoms with Crippen molar-refractivity contribution < 1.29 is 22.7 Å². The lowest BCUT2D eigenvalue weighted by Gasteiger charge is -2.11. The summed E-state index contributed by atoms with van der Waals surface area (Å²) in [4.78, 5) is 3.61. The largest absolute Gasteiger partial charge is 0.505 e. The number of thioether (sulfide) groups is 1. The van der Waals surface area contributed by atoms with Gasteiger partial charge in [0.05, 0.1) is 0 Å².